The van der Waals surface area contributed by atoms with E-state index in [9.17, 15) is 4.79 Å². The van der Waals surface area contributed by atoms with Gasteiger partial charge in [-0.1, -0.05) is 13.8 Å². The molecule has 0 radical (unpaired) electrons. The van der Waals surface area contributed by atoms with Gasteiger partial charge in [-0.05, 0) is 13.8 Å². The Balaban J connectivity index is 2.72. The van der Waals surface area contributed by atoms with Crippen molar-refractivity contribution in [2.75, 3.05) is 13.1 Å². The number of hydrogen-bond acceptors (Lipinski definition) is 2. The van der Waals surface area contributed by atoms with Crippen molar-refractivity contribution in [1.82, 2.24) is 14.5 Å². The molecule has 0 unspecified atom stereocenters. The number of carbonyl (C=O) groups is 1. The molecule has 0 aromatic carbocycles. The van der Waals surface area contributed by atoms with E-state index < -0.39 is 0 Å². The third-order valence-electron chi connectivity index (χ3n) is 2.69. The van der Waals surface area contributed by atoms with Crippen LogP contribution >= 0.6 is 0 Å². The maximum absolute atomic E-state index is 11.9. The van der Waals surface area contributed by atoms with E-state index in [0.717, 1.165) is 18.9 Å². The number of amides is 1. The van der Waals surface area contributed by atoms with Crippen molar-refractivity contribution in [1.29, 1.82) is 0 Å². The highest BCUT2D eigenvalue weighted by Gasteiger charge is 2.13. The fourth-order valence-electron chi connectivity index (χ4n) is 1.78. The largest absolute Gasteiger partial charge is 0.342 e. The average molecular weight is 223 g/mol. The Hall–Kier alpha value is -1.32. The van der Waals surface area contributed by atoms with Crippen LogP contribution in [0.1, 0.15) is 39.4 Å². The summed E-state index contributed by atoms with van der Waals surface area (Å²) in [5.41, 5.74) is 0. The highest BCUT2D eigenvalue weighted by Crippen LogP contribution is 2.11. The lowest BCUT2D eigenvalue weighted by Crippen LogP contribution is -2.33. The van der Waals surface area contributed by atoms with Crippen LogP contribution < -0.4 is 0 Å². The Morgan fingerprint density at radius 1 is 1.44 bits per heavy atom. The molecule has 0 saturated carbocycles. The van der Waals surface area contributed by atoms with Gasteiger partial charge >= 0.3 is 0 Å². The van der Waals surface area contributed by atoms with Gasteiger partial charge in [0.2, 0.25) is 5.91 Å². The van der Waals surface area contributed by atoms with E-state index in [2.05, 4.69) is 18.8 Å². The second-order valence-corrected chi connectivity index (χ2v) is 4.13. The molecule has 0 fully saturated rings. The number of nitrogens with zero attached hydrogens (tertiary/aromatic N) is 3. The lowest BCUT2D eigenvalue weighted by atomic mass is 10.2. The summed E-state index contributed by atoms with van der Waals surface area (Å²) in [7, 11) is 0. The summed E-state index contributed by atoms with van der Waals surface area (Å²) in [5, 5.41) is 0. The molecule has 1 aromatic rings. The molecule has 1 heterocycles. The van der Waals surface area contributed by atoms with Crippen molar-refractivity contribution in [2.45, 2.75) is 40.2 Å². The minimum absolute atomic E-state index is 0.157. The van der Waals surface area contributed by atoms with E-state index >= 15 is 0 Å². The predicted molar refractivity (Wildman–Crippen MR) is 64.2 cm³/mol. The van der Waals surface area contributed by atoms with E-state index in [0.29, 0.717) is 12.5 Å². The number of carbonyl (C=O) groups excluding carboxylic acids is 1. The fourth-order valence-corrected chi connectivity index (χ4v) is 1.78. The number of likely N-dealkylation sites (N-methyl/N-ethyl adjacent to an activating group) is 1. The molecule has 0 atom stereocenters. The molecule has 4 nitrogen and oxygen atoms in total. The van der Waals surface area contributed by atoms with Crippen LogP contribution in [0.2, 0.25) is 0 Å². The van der Waals surface area contributed by atoms with Gasteiger partial charge in [-0.3, -0.25) is 4.79 Å². The molecule has 90 valence electrons. The molecular formula is C12H21N3O. The topological polar surface area (TPSA) is 38.1 Å². The van der Waals surface area contributed by atoms with Crippen LogP contribution in [0.5, 0.6) is 0 Å². The summed E-state index contributed by atoms with van der Waals surface area (Å²) < 4.78 is 1.94. The zero-order valence-electron chi connectivity index (χ0n) is 10.6. The van der Waals surface area contributed by atoms with E-state index in [1.165, 1.54) is 0 Å². The van der Waals surface area contributed by atoms with Crippen molar-refractivity contribution >= 4 is 5.91 Å². The van der Waals surface area contributed by atoms with Crippen molar-refractivity contribution in [3.05, 3.63) is 18.2 Å². The van der Waals surface area contributed by atoms with Gasteiger partial charge in [-0.25, -0.2) is 4.98 Å². The Kier molecular flexibility index (Phi) is 4.52. The smallest absolute Gasteiger partial charge is 0.242 e. The Labute approximate surface area is 97.3 Å². The van der Waals surface area contributed by atoms with Gasteiger partial charge in [-0.15, -0.1) is 0 Å². The minimum atomic E-state index is 0.157. The summed E-state index contributed by atoms with van der Waals surface area (Å²) >= 11 is 0. The molecular weight excluding hydrogens is 202 g/mol. The molecule has 0 spiro atoms. The first-order chi connectivity index (χ1) is 7.60. The second kappa shape index (κ2) is 5.68. The fraction of sp³-hybridized carbons (Fsp3) is 0.667. The van der Waals surface area contributed by atoms with Gasteiger partial charge in [0.25, 0.3) is 0 Å². The van der Waals surface area contributed by atoms with Crippen molar-refractivity contribution in [3.8, 4) is 0 Å². The van der Waals surface area contributed by atoms with E-state index in [1.54, 1.807) is 6.20 Å². The van der Waals surface area contributed by atoms with E-state index in [4.69, 9.17) is 0 Å². The van der Waals surface area contributed by atoms with Gasteiger partial charge in [0.15, 0.2) is 0 Å². The molecule has 1 rings (SSSR count). The Bertz CT molecular complexity index is 340. The third kappa shape index (κ3) is 2.84. The Morgan fingerprint density at radius 2 is 2.06 bits per heavy atom. The SMILES string of the molecule is CCN(CC)C(=O)Cn1ccnc1C(C)C. The van der Waals surface area contributed by atoms with E-state index in [-0.39, 0.29) is 5.91 Å². The number of rotatable bonds is 5. The van der Waals surface area contributed by atoms with Crippen LogP contribution in [0, 0.1) is 0 Å². The summed E-state index contributed by atoms with van der Waals surface area (Å²) in [6, 6.07) is 0. The number of imidazole rings is 1. The lowest BCUT2D eigenvalue weighted by Gasteiger charge is -2.19. The first-order valence-electron chi connectivity index (χ1n) is 5.88. The van der Waals surface area contributed by atoms with Gasteiger partial charge in [0.05, 0.1) is 0 Å². The highest BCUT2D eigenvalue weighted by molar-refractivity contribution is 5.76. The normalized spacial score (nSPS) is 10.8. The average Bonchev–Trinajstić information content (AvgIpc) is 2.67. The maximum atomic E-state index is 11.9. The quantitative estimate of drug-likeness (QED) is 0.764. The first-order valence-corrected chi connectivity index (χ1v) is 5.88. The van der Waals surface area contributed by atoms with Crippen LogP contribution in [0.25, 0.3) is 0 Å². The molecule has 0 N–H and O–H groups in total. The van der Waals surface area contributed by atoms with Crippen molar-refractivity contribution < 1.29 is 4.79 Å². The third-order valence-corrected chi connectivity index (χ3v) is 2.69. The molecule has 1 amide bonds. The van der Waals surface area contributed by atoms with Gasteiger partial charge < -0.3 is 9.47 Å². The van der Waals surface area contributed by atoms with E-state index in [1.807, 2.05) is 29.5 Å². The lowest BCUT2D eigenvalue weighted by molar-refractivity contribution is -0.131. The molecule has 4 heteroatoms. The molecule has 0 aliphatic carbocycles. The zero-order chi connectivity index (χ0) is 12.1. The molecule has 0 aliphatic rings. The molecule has 0 bridgehead atoms. The first kappa shape index (κ1) is 12.7. The van der Waals surface area contributed by atoms with Gasteiger partial charge in [-0.2, -0.15) is 0 Å². The molecule has 0 aliphatic heterocycles. The highest BCUT2D eigenvalue weighted by atomic mass is 16.2. The minimum Gasteiger partial charge on any atom is -0.342 e. The van der Waals surface area contributed by atoms with Gasteiger partial charge in [0, 0.05) is 31.4 Å². The predicted octanol–water partition coefficient (Wildman–Crippen LogP) is 1.87. The second-order valence-electron chi connectivity index (χ2n) is 4.13. The number of hydrogen-bond donors (Lipinski definition) is 0. The molecule has 1 aromatic heterocycles. The monoisotopic (exact) mass is 223 g/mol. The summed E-state index contributed by atoms with van der Waals surface area (Å²) in [6.07, 6.45) is 3.63. The summed E-state index contributed by atoms with van der Waals surface area (Å²) in [6.45, 7) is 10.1. The molecule has 16 heavy (non-hydrogen) atoms. The summed E-state index contributed by atoms with van der Waals surface area (Å²) in [5.74, 6) is 1.48. The molecule has 0 saturated heterocycles. The van der Waals surface area contributed by atoms with Crippen LogP contribution in [-0.4, -0.2) is 33.4 Å². The number of aromatic nitrogens is 2. The standard InChI is InChI=1S/C12H21N3O/c1-5-14(6-2)11(16)9-15-8-7-13-12(15)10(3)4/h7-8,10H,5-6,9H2,1-4H3. The van der Waals surface area contributed by atoms with Crippen LogP contribution in [-0.2, 0) is 11.3 Å². The zero-order valence-corrected chi connectivity index (χ0v) is 10.6. The van der Waals surface area contributed by atoms with Crippen LogP contribution in [0.15, 0.2) is 12.4 Å². The maximum Gasteiger partial charge on any atom is 0.242 e. The van der Waals surface area contributed by atoms with Crippen LogP contribution in [0.4, 0.5) is 0 Å². The van der Waals surface area contributed by atoms with Crippen LogP contribution in [0.3, 0.4) is 0 Å². The van der Waals surface area contributed by atoms with Crippen molar-refractivity contribution in [3.63, 3.8) is 0 Å². The van der Waals surface area contributed by atoms with Gasteiger partial charge in [0.1, 0.15) is 12.4 Å². The summed E-state index contributed by atoms with van der Waals surface area (Å²) in [4.78, 5) is 18.0. The van der Waals surface area contributed by atoms with Crippen molar-refractivity contribution in [2.24, 2.45) is 0 Å². The Morgan fingerprint density at radius 3 is 2.56 bits per heavy atom.